The molecule has 1 saturated heterocycles. The number of carbonyl (C=O) groups excluding carboxylic acids is 1. The molecule has 0 aliphatic carbocycles. The SMILES string of the molecule is O=C(CNCC1CCCO1)Nc1cccc(OCc2ccccc2)c1. The summed E-state index contributed by atoms with van der Waals surface area (Å²) in [5.74, 6) is 0.659. The van der Waals surface area contributed by atoms with Gasteiger partial charge in [0.1, 0.15) is 12.4 Å². The van der Waals surface area contributed by atoms with E-state index >= 15 is 0 Å². The highest BCUT2D eigenvalue weighted by Gasteiger charge is 2.15. The van der Waals surface area contributed by atoms with Crippen LogP contribution in [0.3, 0.4) is 0 Å². The molecule has 3 rings (SSSR count). The summed E-state index contributed by atoms with van der Waals surface area (Å²) < 4.78 is 11.3. The van der Waals surface area contributed by atoms with Crippen LogP contribution in [0, 0.1) is 0 Å². The minimum Gasteiger partial charge on any atom is -0.489 e. The Hall–Kier alpha value is -2.37. The standard InChI is InChI=1S/C20H24N2O3/c23-20(14-21-13-19-10-5-11-24-19)22-17-8-4-9-18(12-17)25-15-16-6-2-1-3-7-16/h1-4,6-9,12,19,21H,5,10-11,13-15H2,(H,22,23). The van der Waals surface area contributed by atoms with Crippen LogP contribution in [0.2, 0.25) is 0 Å². The van der Waals surface area contributed by atoms with Crippen molar-refractivity contribution in [1.82, 2.24) is 5.32 Å². The first-order valence-electron chi connectivity index (χ1n) is 8.68. The van der Waals surface area contributed by atoms with E-state index in [0.29, 0.717) is 13.2 Å². The summed E-state index contributed by atoms with van der Waals surface area (Å²) in [5, 5.41) is 6.02. The van der Waals surface area contributed by atoms with Gasteiger partial charge in [-0.25, -0.2) is 0 Å². The Morgan fingerprint density at radius 1 is 1.16 bits per heavy atom. The fourth-order valence-corrected chi connectivity index (χ4v) is 2.76. The lowest BCUT2D eigenvalue weighted by atomic mass is 10.2. The van der Waals surface area contributed by atoms with E-state index in [2.05, 4.69) is 10.6 Å². The molecule has 1 unspecified atom stereocenters. The number of amides is 1. The molecule has 0 spiro atoms. The minimum atomic E-state index is -0.0711. The van der Waals surface area contributed by atoms with Crippen molar-refractivity contribution < 1.29 is 14.3 Å². The minimum absolute atomic E-state index is 0.0711. The largest absolute Gasteiger partial charge is 0.489 e. The molecule has 1 heterocycles. The van der Waals surface area contributed by atoms with Crippen LogP contribution in [0.4, 0.5) is 5.69 Å². The second-order valence-corrected chi connectivity index (χ2v) is 6.12. The number of rotatable bonds is 8. The van der Waals surface area contributed by atoms with Crippen LogP contribution in [0.25, 0.3) is 0 Å². The van der Waals surface area contributed by atoms with E-state index in [-0.39, 0.29) is 18.6 Å². The lowest BCUT2D eigenvalue weighted by Gasteiger charge is -2.12. The molecular formula is C20H24N2O3. The van der Waals surface area contributed by atoms with Crippen molar-refractivity contribution >= 4 is 11.6 Å². The van der Waals surface area contributed by atoms with E-state index in [1.54, 1.807) is 0 Å². The molecule has 1 fully saturated rings. The maximum Gasteiger partial charge on any atom is 0.238 e. The van der Waals surface area contributed by atoms with Gasteiger partial charge in [0.05, 0.1) is 12.6 Å². The zero-order chi connectivity index (χ0) is 17.3. The lowest BCUT2D eigenvalue weighted by Crippen LogP contribution is -2.33. The molecule has 132 valence electrons. The number of benzene rings is 2. The average molecular weight is 340 g/mol. The van der Waals surface area contributed by atoms with Gasteiger partial charge in [-0.15, -0.1) is 0 Å². The quantitative estimate of drug-likeness (QED) is 0.776. The highest BCUT2D eigenvalue weighted by molar-refractivity contribution is 5.92. The molecule has 5 heteroatoms. The third-order valence-corrected chi connectivity index (χ3v) is 4.05. The fourth-order valence-electron chi connectivity index (χ4n) is 2.76. The van der Waals surface area contributed by atoms with Crippen LogP contribution < -0.4 is 15.4 Å². The molecule has 1 aliphatic heterocycles. The molecule has 0 bridgehead atoms. The highest BCUT2D eigenvalue weighted by atomic mass is 16.5. The third kappa shape index (κ3) is 5.89. The Morgan fingerprint density at radius 3 is 2.84 bits per heavy atom. The maximum atomic E-state index is 12.0. The van der Waals surface area contributed by atoms with Gasteiger partial charge in [-0.05, 0) is 30.5 Å². The van der Waals surface area contributed by atoms with Crippen molar-refractivity contribution in [2.45, 2.75) is 25.6 Å². The van der Waals surface area contributed by atoms with Crippen LogP contribution in [0.5, 0.6) is 5.75 Å². The highest BCUT2D eigenvalue weighted by Crippen LogP contribution is 2.18. The Bertz CT molecular complexity index is 670. The van der Waals surface area contributed by atoms with E-state index in [1.165, 1.54) is 0 Å². The topological polar surface area (TPSA) is 59.6 Å². The van der Waals surface area contributed by atoms with Gasteiger partial charge in [-0.3, -0.25) is 4.79 Å². The maximum absolute atomic E-state index is 12.0. The van der Waals surface area contributed by atoms with Crippen molar-refractivity contribution in [3.05, 3.63) is 60.2 Å². The summed E-state index contributed by atoms with van der Waals surface area (Å²) in [7, 11) is 0. The second kappa shape index (κ2) is 9.20. The molecule has 0 aromatic heterocycles. The summed E-state index contributed by atoms with van der Waals surface area (Å²) in [4.78, 5) is 12.0. The van der Waals surface area contributed by atoms with E-state index < -0.39 is 0 Å². The predicted molar refractivity (Wildman–Crippen MR) is 97.7 cm³/mol. The molecular weight excluding hydrogens is 316 g/mol. The molecule has 2 N–H and O–H groups in total. The second-order valence-electron chi connectivity index (χ2n) is 6.12. The predicted octanol–water partition coefficient (Wildman–Crippen LogP) is 2.97. The van der Waals surface area contributed by atoms with Gasteiger partial charge >= 0.3 is 0 Å². The first-order valence-corrected chi connectivity index (χ1v) is 8.68. The summed E-state index contributed by atoms with van der Waals surface area (Å²) >= 11 is 0. The number of ether oxygens (including phenoxy) is 2. The van der Waals surface area contributed by atoms with Crippen LogP contribution >= 0.6 is 0 Å². The van der Waals surface area contributed by atoms with Crippen molar-refractivity contribution in [2.75, 3.05) is 25.0 Å². The molecule has 5 nitrogen and oxygen atoms in total. The van der Waals surface area contributed by atoms with Crippen molar-refractivity contribution in [3.8, 4) is 5.75 Å². The fraction of sp³-hybridized carbons (Fsp3) is 0.350. The molecule has 0 saturated carbocycles. The van der Waals surface area contributed by atoms with Gasteiger partial charge in [-0.2, -0.15) is 0 Å². The smallest absolute Gasteiger partial charge is 0.238 e. The van der Waals surface area contributed by atoms with Gasteiger partial charge in [0.15, 0.2) is 0 Å². The molecule has 2 aromatic rings. The van der Waals surface area contributed by atoms with Crippen molar-refractivity contribution in [1.29, 1.82) is 0 Å². The summed E-state index contributed by atoms with van der Waals surface area (Å²) in [5.41, 5.74) is 1.84. The lowest BCUT2D eigenvalue weighted by molar-refractivity contribution is -0.115. The molecule has 2 aromatic carbocycles. The normalized spacial score (nSPS) is 16.6. The zero-order valence-corrected chi connectivity index (χ0v) is 14.2. The number of hydrogen-bond acceptors (Lipinski definition) is 4. The molecule has 1 atom stereocenters. The van der Waals surface area contributed by atoms with Crippen molar-refractivity contribution in [3.63, 3.8) is 0 Å². The Kier molecular flexibility index (Phi) is 6.42. The first-order chi connectivity index (χ1) is 12.3. The van der Waals surface area contributed by atoms with E-state index in [0.717, 1.165) is 36.4 Å². The Morgan fingerprint density at radius 2 is 2.04 bits per heavy atom. The van der Waals surface area contributed by atoms with Crippen molar-refractivity contribution in [2.24, 2.45) is 0 Å². The van der Waals surface area contributed by atoms with Crippen LogP contribution in [0.1, 0.15) is 18.4 Å². The van der Waals surface area contributed by atoms with Crippen LogP contribution in [-0.2, 0) is 16.1 Å². The summed E-state index contributed by atoms with van der Waals surface area (Å²) in [6, 6.07) is 17.4. The van der Waals surface area contributed by atoms with Crippen LogP contribution in [0.15, 0.2) is 54.6 Å². The van der Waals surface area contributed by atoms with Gasteiger partial charge in [0.2, 0.25) is 5.91 Å². The first kappa shape index (κ1) is 17.5. The Labute approximate surface area is 148 Å². The third-order valence-electron chi connectivity index (χ3n) is 4.05. The van der Waals surface area contributed by atoms with Crippen LogP contribution in [-0.4, -0.2) is 31.7 Å². The molecule has 1 amide bonds. The van der Waals surface area contributed by atoms with Gasteiger partial charge < -0.3 is 20.1 Å². The number of anilines is 1. The van der Waals surface area contributed by atoms with Gasteiger partial charge in [0.25, 0.3) is 0 Å². The van der Waals surface area contributed by atoms with Gasteiger partial charge in [-0.1, -0.05) is 36.4 Å². The van der Waals surface area contributed by atoms with E-state index in [1.807, 2.05) is 54.6 Å². The summed E-state index contributed by atoms with van der Waals surface area (Å²) in [6.45, 7) is 2.32. The number of carbonyl (C=O) groups is 1. The monoisotopic (exact) mass is 340 g/mol. The van der Waals surface area contributed by atoms with E-state index in [9.17, 15) is 4.79 Å². The number of nitrogens with one attached hydrogen (secondary N) is 2. The number of hydrogen-bond donors (Lipinski definition) is 2. The molecule has 1 aliphatic rings. The van der Waals surface area contributed by atoms with Gasteiger partial charge in [0, 0.05) is 24.9 Å². The summed E-state index contributed by atoms with van der Waals surface area (Å²) in [6.07, 6.45) is 2.41. The zero-order valence-electron chi connectivity index (χ0n) is 14.2. The molecule has 25 heavy (non-hydrogen) atoms. The average Bonchev–Trinajstić information content (AvgIpc) is 3.15. The molecule has 0 radical (unpaired) electrons. The Balaban J connectivity index is 1.43. The van der Waals surface area contributed by atoms with E-state index in [4.69, 9.17) is 9.47 Å².